The summed E-state index contributed by atoms with van der Waals surface area (Å²) >= 11 is 0. The Morgan fingerprint density at radius 3 is 2.59 bits per heavy atom. The molecule has 3 atom stereocenters. The highest BCUT2D eigenvalue weighted by Gasteiger charge is 2.50. The highest BCUT2D eigenvalue weighted by Crippen LogP contribution is 2.47. The van der Waals surface area contributed by atoms with Gasteiger partial charge in [-0.2, -0.15) is 9.29 Å². The number of hydrogen-bond acceptors (Lipinski definition) is 6. The van der Waals surface area contributed by atoms with Crippen LogP contribution in [0.1, 0.15) is 24.1 Å². The molecule has 0 amide bonds. The van der Waals surface area contributed by atoms with Crippen LogP contribution < -0.4 is 10.6 Å². The molecule has 2 saturated heterocycles. The Kier molecular flexibility index (Phi) is 4.55. The summed E-state index contributed by atoms with van der Waals surface area (Å²) in [7, 11) is -3.27. The molecular formula is C19H25N5O2S. The highest BCUT2D eigenvalue weighted by atomic mass is 32.2. The molecule has 1 aromatic heterocycles. The second-order valence-electron chi connectivity index (χ2n) is 7.45. The van der Waals surface area contributed by atoms with Crippen molar-refractivity contribution >= 4 is 21.8 Å². The number of hydrogen-bond donors (Lipinski definition) is 1. The van der Waals surface area contributed by atoms with Crippen molar-refractivity contribution in [2.24, 2.45) is 11.8 Å². The van der Waals surface area contributed by atoms with E-state index in [0.29, 0.717) is 6.54 Å². The summed E-state index contributed by atoms with van der Waals surface area (Å²) in [4.78, 5) is 10.8. The minimum atomic E-state index is -3.27. The minimum Gasteiger partial charge on any atom is -0.368 e. The molecule has 0 saturated carbocycles. The van der Waals surface area contributed by atoms with Gasteiger partial charge in [-0.25, -0.2) is 13.4 Å². The smallest absolute Gasteiger partial charge is 0.221 e. The average Bonchev–Trinajstić information content (AvgIpc) is 3.20. The van der Waals surface area contributed by atoms with Crippen LogP contribution in [-0.4, -0.2) is 48.6 Å². The van der Waals surface area contributed by atoms with Crippen molar-refractivity contribution in [1.29, 1.82) is 0 Å². The molecule has 0 aliphatic carbocycles. The Hall–Kier alpha value is -2.19. The number of aromatic nitrogens is 2. The fourth-order valence-corrected chi connectivity index (χ4v) is 5.67. The predicted molar refractivity (Wildman–Crippen MR) is 106 cm³/mol. The van der Waals surface area contributed by atoms with Gasteiger partial charge in [0.1, 0.15) is 5.82 Å². The monoisotopic (exact) mass is 387 g/mol. The molecule has 2 aromatic rings. The minimum absolute atomic E-state index is 0.138. The third-order valence-corrected chi connectivity index (χ3v) is 6.96. The molecule has 0 radical (unpaired) electrons. The van der Waals surface area contributed by atoms with Crippen LogP contribution in [-0.2, 0) is 16.4 Å². The largest absolute Gasteiger partial charge is 0.368 e. The molecule has 0 unspecified atom stereocenters. The van der Waals surface area contributed by atoms with E-state index in [2.05, 4.69) is 21.8 Å². The zero-order valence-electron chi connectivity index (χ0n) is 15.6. The molecule has 3 heterocycles. The van der Waals surface area contributed by atoms with Gasteiger partial charge in [0, 0.05) is 37.3 Å². The first-order chi connectivity index (χ1) is 12.9. The van der Waals surface area contributed by atoms with E-state index in [1.165, 1.54) is 6.26 Å². The van der Waals surface area contributed by atoms with Crippen LogP contribution in [0.25, 0.3) is 0 Å². The fraction of sp³-hybridized carbons (Fsp3) is 0.474. The molecule has 0 spiro atoms. The van der Waals surface area contributed by atoms with E-state index in [1.807, 2.05) is 30.3 Å². The maximum atomic E-state index is 12.4. The number of aryl methyl sites for hydroxylation is 1. The molecule has 4 rings (SSSR count). The van der Waals surface area contributed by atoms with Crippen LogP contribution in [0.2, 0.25) is 0 Å². The van der Waals surface area contributed by atoms with Crippen LogP contribution in [0.5, 0.6) is 0 Å². The quantitative estimate of drug-likeness (QED) is 0.858. The van der Waals surface area contributed by atoms with Crippen LogP contribution in [0.3, 0.4) is 0 Å². The summed E-state index contributed by atoms with van der Waals surface area (Å²) in [5.41, 5.74) is 7.95. The maximum Gasteiger partial charge on any atom is 0.221 e. The summed E-state index contributed by atoms with van der Waals surface area (Å²) in [6.07, 6.45) is 3.93. The summed E-state index contributed by atoms with van der Waals surface area (Å²) in [6, 6.07) is 9.80. The molecule has 144 valence electrons. The van der Waals surface area contributed by atoms with E-state index in [4.69, 9.17) is 5.73 Å². The zero-order valence-corrected chi connectivity index (χ0v) is 16.4. The molecule has 0 bridgehead atoms. The summed E-state index contributed by atoms with van der Waals surface area (Å²) < 4.78 is 26.5. The standard InChI is InChI=1S/C19H25N5O2S/c1-3-13-9-21-19(20)22-18(13)23-10-15-11-24(27(2,25)26)17(16(15)12-23)14-7-5-4-6-8-14/h4-9,15-17H,3,10-12H2,1-2H3,(H2,20,21,22)/t15-,16-,17+/m1/s1. The lowest BCUT2D eigenvalue weighted by Gasteiger charge is -2.29. The summed E-state index contributed by atoms with van der Waals surface area (Å²) in [5.74, 6) is 1.66. The topological polar surface area (TPSA) is 92.4 Å². The molecular weight excluding hydrogens is 362 g/mol. The fourth-order valence-electron chi connectivity index (χ4n) is 4.52. The molecule has 7 nitrogen and oxygen atoms in total. The Morgan fingerprint density at radius 2 is 1.93 bits per heavy atom. The highest BCUT2D eigenvalue weighted by molar-refractivity contribution is 7.88. The Morgan fingerprint density at radius 1 is 1.19 bits per heavy atom. The zero-order chi connectivity index (χ0) is 19.2. The Labute approximate surface area is 160 Å². The summed E-state index contributed by atoms with van der Waals surface area (Å²) in [5, 5.41) is 0. The van der Waals surface area contributed by atoms with Gasteiger partial charge < -0.3 is 10.6 Å². The van der Waals surface area contributed by atoms with E-state index in [0.717, 1.165) is 36.5 Å². The van der Waals surface area contributed by atoms with Crippen LogP contribution in [0.15, 0.2) is 36.5 Å². The van der Waals surface area contributed by atoms with Crippen molar-refractivity contribution in [3.63, 3.8) is 0 Å². The van der Waals surface area contributed by atoms with Gasteiger partial charge >= 0.3 is 0 Å². The van der Waals surface area contributed by atoms with E-state index in [9.17, 15) is 8.42 Å². The van der Waals surface area contributed by atoms with E-state index >= 15 is 0 Å². The van der Waals surface area contributed by atoms with Gasteiger partial charge in [-0.3, -0.25) is 0 Å². The number of benzene rings is 1. The first kappa shape index (κ1) is 18.2. The normalized spacial score (nSPS) is 25.7. The van der Waals surface area contributed by atoms with Gasteiger partial charge in [-0.05, 0) is 17.9 Å². The molecule has 2 aliphatic rings. The Bertz CT molecular complexity index is 934. The van der Waals surface area contributed by atoms with Crippen LogP contribution >= 0.6 is 0 Å². The van der Waals surface area contributed by atoms with Crippen LogP contribution in [0.4, 0.5) is 11.8 Å². The van der Waals surface area contributed by atoms with E-state index < -0.39 is 10.0 Å². The van der Waals surface area contributed by atoms with Crippen LogP contribution in [0, 0.1) is 11.8 Å². The second kappa shape index (κ2) is 6.76. The van der Waals surface area contributed by atoms with Crippen molar-refractivity contribution in [2.75, 3.05) is 36.5 Å². The lowest BCUT2D eigenvalue weighted by molar-refractivity contribution is 0.352. The van der Waals surface area contributed by atoms with E-state index in [1.54, 1.807) is 10.5 Å². The molecule has 2 N–H and O–H groups in total. The first-order valence-corrected chi connectivity index (χ1v) is 11.1. The molecule has 27 heavy (non-hydrogen) atoms. The number of nitrogen functional groups attached to an aromatic ring is 1. The second-order valence-corrected chi connectivity index (χ2v) is 9.38. The van der Waals surface area contributed by atoms with Gasteiger partial charge in [0.2, 0.25) is 16.0 Å². The molecule has 2 fully saturated rings. The lowest BCUT2D eigenvalue weighted by atomic mass is 9.90. The third kappa shape index (κ3) is 3.27. The van der Waals surface area contributed by atoms with Gasteiger partial charge in [0.25, 0.3) is 0 Å². The number of sulfonamides is 1. The van der Waals surface area contributed by atoms with Crippen molar-refractivity contribution in [3.05, 3.63) is 47.7 Å². The SMILES string of the molecule is CCc1cnc(N)nc1N1C[C@@H]2CN(S(C)(=O)=O)[C@@H](c3ccccc3)[C@@H]2C1. The van der Waals surface area contributed by atoms with Crippen molar-refractivity contribution in [2.45, 2.75) is 19.4 Å². The number of fused-ring (bicyclic) bond motifs is 1. The van der Waals surface area contributed by atoms with Crippen molar-refractivity contribution in [1.82, 2.24) is 14.3 Å². The first-order valence-electron chi connectivity index (χ1n) is 9.26. The van der Waals surface area contributed by atoms with Crippen molar-refractivity contribution in [3.8, 4) is 0 Å². The van der Waals surface area contributed by atoms with Gasteiger partial charge in [-0.1, -0.05) is 37.3 Å². The molecule has 2 aliphatic heterocycles. The number of rotatable bonds is 4. The number of nitrogens with two attached hydrogens (primary N) is 1. The maximum absolute atomic E-state index is 12.4. The van der Waals surface area contributed by atoms with E-state index in [-0.39, 0.29) is 23.8 Å². The number of nitrogens with zero attached hydrogens (tertiary/aromatic N) is 4. The van der Waals surface area contributed by atoms with Crippen molar-refractivity contribution < 1.29 is 8.42 Å². The van der Waals surface area contributed by atoms with Gasteiger partial charge in [0.05, 0.1) is 12.3 Å². The number of anilines is 2. The third-order valence-electron chi connectivity index (χ3n) is 5.73. The predicted octanol–water partition coefficient (Wildman–Crippen LogP) is 1.69. The molecule has 8 heteroatoms. The Balaban J connectivity index is 1.68. The van der Waals surface area contributed by atoms with Gasteiger partial charge in [-0.15, -0.1) is 0 Å². The van der Waals surface area contributed by atoms with Gasteiger partial charge in [0.15, 0.2) is 0 Å². The summed E-state index contributed by atoms with van der Waals surface area (Å²) in [6.45, 7) is 4.16. The lowest BCUT2D eigenvalue weighted by Crippen LogP contribution is -2.35. The average molecular weight is 388 g/mol. The molecule has 1 aromatic carbocycles.